The Hall–Kier alpha value is -2.01. The van der Waals surface area contributed by atoms with Gasteiger partial charge in [-0.15, -0.1) is 0 Å². The summed E-state index contributed by atoms with van der Waals surface area (Å²) >= 11 is 0. The smallest absolute Gasteiger partial charge is 0.281 e. The highest BCUT2D eigenvalue weighted by Gasteiger charge is 2.33. The van der Waals surface area contributed by atoms with E-state index in [9.17, 15) is 18.0 Å². The van der Waals surface area contributed by atoms with E-state index in [2.05, 4.69) is 10.6 Å². The van der Waals surface area contributed by atoms with Crippen molar-refractivity contribution < 1.29 is 22.7 Å². The van der Waals surface area contributed by atoms with Crippen LogP contribution in [0.1, 0.15) is 23.2 Å². The summed E-state index contributed by atoms with van der Waals surface area (Å²) in [5.74, 6) is -1.09. The van der Waals surface area contributed by atoms with Crippen molar-refractivity contribution in [1.29, 1.82) is 0 Å². The molecule has 1 fully saturated rings. The first-order valence-corrected chi connectivity index (χ1v) is 10.5. The van der Waals surface area contributed by atoms with Crippen LogP contribution in [0, 0.1) is 5.92 Å². The van der Waals surface area contributed by atoms with Crippen LogP contribution in [-0.4, -0.2) is 76.3 Å². The molecule has 1 heterocycles. The normalized spacial score (nSPS) is 18.1. The predicted octanol–water partition coefficient (Wildman–Crippen LogP) is 0.520. The van der Waals surface area contributed by atoms with Crippen molar-refractivity contribution >= 4 is 27.7 Å². The second-order valence-electron chi connectivity index (χ2n) is 6.77. The van der Waals surface area contributed by atoms with E-state index in [0.29, 0.717) is 43.8 Å². The molecule has 0 saturated carbocycles. The van der Waals surface area contributed by atoms with Crippen LogP contribution in [0.2, 0.25) is 0 Å². The Morgan fingerprint density at radius 3 is 2.68 bits per heavy atom. The van der Waals surface area contributed by atoms with E-state index < -0.39 is 16.1 Å². The molecule has 1 aromatic carbocycles. The largest absolute Gasteiger partial charge is 0.383 e. The van der Waals surface area contributed by atoms with Crippen molar-refractivity contribution in [3.05, 3.63) is 29.8 Å². The summed E-state index contributed by atoms with van der Waals surface area (Å²) < 4.78 is 32.1. The molecule has 1 atom stereocenters. The van der Waals surface area contributed by atoms with Gasteiger partial charge < -0.3 is 15.4 Å². The Balaban J connectivity index is 2.07. The number of piperidine rings is 1. The summed E-state index contributed by atoms with van der Waals surface area (Å²) in [6, 6.07) is 6.72. The molecule has 1 aliphatic rings. The molecule has 1 saturated heterocycles. The number of carbonyl (C=O) groups is 2. The van der Waals surface area contributed by atoms with E-state index in [0.717, 1.165) is 4.31 Å². The average molecular weight is 413 g/mol. The minimum Gasteiger partial charge on any atom is -0.383 e. The van der Waals surface area contributed by atoms with Gasteiger partial charge in [-0.3, -0.25) is 9.59 Å². The van der Waals surface area contributed by atoms with Crippen LogP contribution in [0.15, 0.2) is 24.3 Å². The number of benzene rings is 1. The second-order valence-corrected chi connectivity index (χ2v) is 8.91. The van der Waals surface area contributed by atoms with Crippen LogP contribution in [-0.2, 0) is 19.7 Å². The number of anilines is 1. The molecule has 2 N–H and O–H groups in total. The molecule has 0 aliphatic carbocycles. The standard InChI is InChI=1S/C18H28N4O5S/c1-21(2)28(25,26)22-11-6-7-14(13-22)17(23)20-16-9-5-4-8-15(16)18(24)19-10-12-27-3/h4-5,8-9,14H,6-7,10-13H2,1-3H3,(H,19,24)(H,20,23)/t14-/m1/s1. The highest BCUT2D eigenvalue weighted by Crippen LogP contribution is 2.23. The molecule has 0 spiro atoms. The SMILES string of the molecule is COCCNC(=O)c1ccccc1NC(=O)[C@@H]1CCCN(S(=O)(=O)N(C)C)C1. The zero-order chi connectivity index (χ0) is 20.7. The number of rotatable bonds is 8. The molecule has 9 nitrogen and oxygen atoms in total. The van der Waals surface area contributed by atoms with Crippen LogP contribution < -0.4 is 10.6 Å². The zero-order valence-corrected chi connectivity index (χ0v) is 17.3. The quantitative estimate of drug-likeness (QED) is 0.605. The maximum atomic E-state index is 12.7. The minimum atomic E-state index is -3.56. The van der Waals surface area contributed by atoms with Gasteiger partial charge >= 0.3 is 0 Å². The Labute approximate surface area is 166 Å². The lowest BCUT2D eigenvalue weighted by Gasteiger charge is -2.32. The van der Waals surface area contributed by atoms with Crippen molar-refractivity contribution in [3.63, 3.8) is 0 Å². The first kappa shape index (κ1) is 22.3. The van der Waals surface area contributed by atoms with Crippen LogP contribution in [0.5, 0.6) is 0 Å². The third kappa shape index (κ3) is 5.51. The Bertz CT molecular complexity index is 797. The molecule has 0 unspecified atom stereocenters. The van der Waals surface area contributed by atoms with Crippen LogP contribution in [0.3, 0.4) is 0 Å². The second kappa shape index (κ2) is 9.97. The molecule has 10 heteroatoms. The Kier molecular flexibility index (Phi) is 7.93. The van der Waals surface area contributed by atoms with Gasteiger partial charge in [-0.1, -0.05) is 12.1 Å². The third-order valence-electron chi connectivity index (χ3n) is 4.56. The van der Waals surface area contributed by atoms with Crippen LogP contribution in [0.25, 0.3) is 0 Å². The number of amides is 2. The van der Waals surface area contributed by atoms with Gasteiger partial charge in [-0.25, -0.2) is 0 Å². The highest BCUT2D eigenvalue weighted by molar-refractivity contribution is 7.86. The lowest BCUT2D eigenvalue weighted by Crippen LogP contribution is -2.47. The number of carbonyl (C=O) groups excluding carboxylic acids is 2. The van der Waals surface area contributed by atoms with Gasteiger partial charge in [0.05, 0.1) is 23.8 Å². The summed E-state index contributed by atoms with van der Waals surface area (Å²) in [6.07, 6.45) is 1.19. The van der Waals surface area contributed by atoms with Crippen molar-refractivity contribution in [1.82, 2.24) is 13.9 Å². The molecule has 1 aliphatic heterocycles. The fraction of sp³-hybridized carbons (Fsp3) is 0.556. The van der Waals surface area contributed by atoms with Gasteiger partial charge in [0.25, 0.3) is 16.1 Å². The van der Waals surface area contributed by atoms with E-state index >= 15 is 0 Å². The third-order valence-corrected chi connectivity index (χ3v) is 6.47. The molecule has 2 amide bonds. The summed E-state index contributed by atoms with van der Waals surface area (Å²) in [4.78, 5) is 25.1. The van der Waals surface area contributed by atoms with Crippen molar-refractivity contribution in [3.8, 4) is 0 Å². The summed E-state index contributed by atoms with van der Waals surface area (Å²) in [5, 5.41) is 5.51. The van der Waals surface area contributed by atoms with E-state index in [1.54, 1.807) is 31.4 Å². The zero-order valence-electron chi connectivity index (χ0n) is 16.5. The molecule has 0 radical (unpaired) electrons. The summed E-state index contributed by atoms with van der Waals surface area (Å²) in [7, 11) is 0.922. The minimum absolute atomic E-state index is 0.120. The number of nitrogens with zero attached hydrogens (tertiary/aromatic N) is 2. The molecular formula is C18H28N4O5S. The number of hydrogen-bond acceptors (Lipinski definition) is 5. The lowest BCUT2D eigenvalue weighted by atomic mass is 9.98. The maximum Gasteiger partial charge on any atom is 0.281 e. The number of methoxy groups -OCH3 is 1. The van der Waals surface area contributed by atoms with Gasteiger partial charge in [0.15, 0.2) is 0 Å². The molecule has 1 aromatic rings. The van der Waals surface area contributed by atoms with Gasteiger partial charge in [0, 0.05) is 40.8 Å². The van der Waals surface area contributed by atoms with E-state index in [4.69, 9.17) is 4.74 Å². The van der Waals surface area contributed by atoms with E-state index in [1.165, 1.54) is 18.4 Å². The van der Waals surface area contributed by atoms with E-state index in [-0.39, 0.29) is 18.4 Å². The summed E-state index contributed by atoms with van der Waals surface area (Å²) in [6.45, 7) is 1.26. The van der Waals surface area contributed by atoms with Crippen LogP contribution >= 0.6 is 0 Å². The monoisotopic (exact) mass is 412 g/mol. The topological polar surface area (TPSA) is 108 Å². The number of nitrogens with one attached hydrogen (secondary N) is 2. The molecule has 2 rings (SSSR count). The highest BCUT2D eigenvalue weighted by atomic mass is 32.2. The van der Waals surface area contributed by atoms with Gasteiger partial charge in [-0.2, -0.15) is 17.0 Å². The number of hydrogen-bond donors (Lipinski definition) is 2. The van der Waals surface area contributed by atoms with Crippen LogP contribution in [0.4, 0.5) is 5.69 Å². The number of para-hydroxylation sites is 1. The van der Waals surface area contributed by atoms with Crippen molar-refractivity contribution in [2.45, 2.75) is 12.8 Å². The number of ether oxygens (including phenoxy) is 1. The van der Waals surface area contributed by atoms with Crippen molar-refractivity contribution in [2.24, 2.45) is 5.92 Å². The van der Waals surface area contributed by atoms with Gasteiger partial charge in [0.1, 0.15) is 0 Å². The molecule has 156 valence electrons. The summed E-state index contributed by atoms with van der Waals surface area (Å²) in [5.41, 5.74) is 0.746. The fourth-order valence-corrected chi connectivity index (χ4v) is 4.17. The fourth-order valence-electron chi connectivity index (χ4n) is 2.98. The Morgan fingerprint density at radius 1 is 1.29 bits per heavy atom. The molecule has 28 heavy (non-hydrogen) atoms. The van der Waals surface area contributed by atoms with Gasteiger partial charge in [0.2, 0.25) is 5.91 Å². The molecular weight excluding hydrogens is 384 g/mol. The van der Waals surface area contributed by atoms with E-state index in [1.807, 2.05) is 0 Å². The average Bonchev–Trinajstić information content (AvgIpc) is 2.68. The lowest BCUT2D eigenvalue weighted by molar-refractivity contribution is -0.120. The predicted molar refractivity (Wildman–Crippen MR) is 106 cm³/mol. The molecule has 0 bridgehead atoms. The van der Waals surface area contributed by atoms with Gasteiger partial charge in [-0.05, 0) is 25.0 Å². The first-order valence-electron chi connectivity index (χ1n) is 9.12. The van der Waals surface area contributed by atoms with Crippen molar-refractivity contribution in [2.75, 3.05) is 52.8 Å². The maximum absolute atomic E-state index is 12.7. The Morgan fingerprint density at radius 2 is 2.00 bits per heavy atom. The first-order chi connectivity index (χ1) is 13.3. The molecule has 0 aromatic heterocycles.